The van der Waals surface area contributed by atoms with Crippen LogP contribution in [0.4, 0.5) is 5.69 Å². The molecule has 3 aromatic heterocycles. The van der Waals surface area contributed by atoms with Crippen LogP contribution in [0.1, 0.15) is 45.8 Å². The number of rotatable bonds is 5. The second-order valence-electron chi connectivity index (χ2n) is 8.34. The van der Waals surface area contributed by atoms with Crippen molar-refractivity contribution in [3.05, 3.63) is 88.7 Å². The van der Waals surface area contributed by atoms with Crippen LogP contribution < -0.4 is 5.32 Å². The summed E-state index contributed by atoms with van der Waals surface area (Å²) in [6, 6.07) is 14.6. The lowest BCUT2D eigenvalue weighted by Gasteiger charge is -2.32. The number of nitrogens with zero attached hydrogens (tertiary/aromatic N) is 3. The van der Waals surface area contributed by atoms with E-state index in [1.54, 1.807) is 23.7 Å². The molecule has 0 atom stereocenters. The standard InChI is InChI=1S/C26H26N4OS/c1-18-17-32-25-23(18)29-16-22(24(25)28-15-19-6-5-11-27-14-19)26(31)30-12-9-21(10-13-30)20-7-3-2-4-8-20/h2-8,11,14,16-17,21H,9-10,12-13,15H2,1H3,(H,28,29). The molecule has 1 aromatic carbocycles. The fourth-order valence-corrected chi connectivity index (χ4v) is 5.47. The summed E-state index contributed by atoms with van der Waals surface area (Å²) in [6.07, 6.45) is 7.34. The van der Waals surface area contributed by atoms with Crippen LogP contribution >= 0.6 is 11.3 Å². The van der Waals surface area contributed by atoms with Crippen molar-refractivity contribution >= 4 is 33.1 Å². The Morgan fingerprint density at radius 3 is 2.69 bits per heavy atom. The molecule has 4 aromatic rings. The number of hydrogen-bond donors (Lipinski definition) is 1. The molecular formula is C26H26N4OS. The molecular weight excluding hydrogens is 416 g/mol. The fourth-order valence-electron chi connectivity index (χ4n) is 4.43. The van der Waals surface area contributed by atoms with Gasteiger partial charge in [-0.15, -0.1) is 11.3 Å². The molecule has 0 aliphatic carbocycles. The molecule has 1 amide bonds. The number of carbonyl (C=O) groups is 1. The molecule has 0 unspecified atom stereocenters. The summed E-state index contributed by atoms with van der Waals surface area (Å²) in [5, 5.41) is 5.63. The van der Waals surface area contributed by atoms with Crippen LogP contribution in [0.25, 0.3) is 10.2 Å². The molecule has 1 fully saturated rings. The number of hydrogen-bond acceptors (Lipinski definition) is 5. The highest BCUT2D eigenvalue weighted by Crippen LogP contribution is 2.35. The summed E-state index contributed by atoms with van der Waals surface area (Å²) in [5.41, 5.74) is 6.08. The summed E-state index contributed by atoms with van der Waals surface area (Å²) in [6.45, 7) is 4.21. The van der Waals surface area contributed by atoms with E-state index in [0.29, 0.717) is 18.0 Å². The molecule has 32 heavy (non-hydrogen) atoms. The number of carbonyl (C=O) groups excluding carboxylic acids is 1. The first-order chi connectivity index (χ1) is 15.7. The van der Waals surface area contributed by atoms with Gasteiger partial charge >= 0.3 is 0 Å². The van der Waals surface area contributed by atoms with E-state index in [9.17, 15) is 4.79 Å². The molecule has 5 nitrogen and oxygen atoms in total. The van der Waals surface area contributed by atoms with Gasteiger partial charge in [-0.2, -0.15) is 0 Å². The van der Waals surface area contributed by atoms with Crippen molar-refractivity contribution in [2.24, 2.45) is 0 Å². The lowest BCUT2D eigenvalue weighted by molar-refractivity contribution is 0.0713. The number of aryl methyl sites for hydroxylation is 1. The molecule has 1 aliphatic heterocycles. The lowest BCUT2D eigenvalue weighted by Crippen LogP contribution is -2.38. The van der Waals surface area contributed by atoms with E-state index in [1.165, 1.54) is 5.56 Å². The zero-order valence-corrected chi connectivity index (χ0v) is 18.9. The van der Waals surface area contributed by atoms with Crippen LogP contribution in [0.15, 0.2) is 66.4 Å². The first-order valence-corrected chi connectivity index (χ1v) is 11.9. The predicted octanol–water partition coefficient (Wildman–Crippen LogP) is 5.63. The summed E-state index contributed by atoms with van der Waals surface area (Å²) >= 11 is 1.64. The van der Waals surface area contributed by atoms with E-state index < -0.39 is 0 Å². The maximum absolute atomic E-state index is 13.6. The summed E-state index contributed by atoms with van der Waals surface area (Å²) < 4.78 is 1.04. The number of pyridine rings is 2. The van der Waals surface area contributed by atoms with E-state index in [-0.39, 0.29) is 5.91 Å². The van der Waals surface area contributed by atoms with E-state index in [2.05, 4.69) is 57.9 Å². The van der Waals surface area contributed by atoms with E-state index in [0.717, 1.165) is 53.0 Å². The van der Waals surface area contributed by atoms with Crippen molar-refractivity contribution in [1.29, 1.82) is 0 Å². The molecule has 1 N–H and O–H groups in total. The van der Waals surface area contributed by atoms with E-state index in [4.69, 9.17) is 0 Å². The van der Waals surface area contributed by atoms with Gasteiger partial charge in [0.05, 0.1) is 21.5 Å². The minimum absolute atomic E-state index is 0.0608. The van der Waals surface area contributed by atoms with Gasteiger partial charge in [-0.25, -0.2) is 0 Å². The maximum Gasteiger partial charge on any atom is 0.257 e. The topological polar surface area (TPSA) is 58.1 Å². The highest BCUT2D eigenvalue weighted by atomic mass is 32.1. The van der Waals surface area contributed by atoms with E-state index in [1.807, 2.05) is 23.2 Å². The Morgan fingerprint density at radius 1 is 1.12 bits per heavy atom. The van der Waals surface area contributed by atoms with Crippen LogP contribution in [-0.4, -0.2) is 33.9 Å². The van der Waals surface area contributed by atoms with Gasteiger partial charge in [0.2, 0.25) is 0 Å². The Bertz CT molecular complexity index is 1210. The number of piperidine rings is 1. The van der Waals surface area contributed by atoms with Crippen molar-refractivity contribution in [2.45, 2.75) is 32.2 Å². The Kier molecular flexibility index (Phi) is 5.86. The number of likely N-dealkylation sites (tertiary alicyclic amines) is 1. The highest BCUT2D eigenvalue weighted by molar-refractivity contribution is 7.18. The monoisotopic (exact) mass is 442 g/mol. The third kappa shape index (κ3) is 4.10. The van der Waals surface area contributed by atoms with Crippen LogP contribution in [-0.2, 0) is 6.54 Å². The lowest BCUT2D eigenvalue weighted by atomic mass is 9.89. The van der Waals surface area contributed by atoms with Gasteiger partial charge in [0, 0.05) is 38.2 Å². The number of aromatic nitrogens is 2. The minimum Gasteiger partial charge on any atom is -0.379 e. The zero-order chi connectivity index (χ0) is 21.9. The molecule has 1 saturated heterocycles. The fraction of sp³-hybridized carbons (Fsp3) is 0.269. The maximum atomic E-state index is 13.6. The van der Waals surface area contributed by atoms with Crippen LogP contribution in [0.5, 0.6) is 0 Å². The second-order valence-corrected chi connectivity index (χ2v) is 9.21. The van der Waals surface area contributed by atoms with Gasteiger partial charge in [-0.3, -0.25) is 14.8 Å². The average molecular weight is 443 g/mol. The highest BCUT2D eigenvalue weighted by Gasteiger charge is 2.27. The average Bonchev–Trinajstić information content (AvgIpc) is 3.24. The first kappa shape index (κ1) is 20.6. The third-order valence-corrected chi connectivity index (χ3v) is 7.34. The molecule has 1 aliphatic rings. The molecule has 4 heterocycles. The minimum atomic E-state index is 0.0608. The normalized spacial score (nSPS) is 14.6. The van der Waals surface area contributed by atoms with Gasteiger partial charge in [0.25, 0.3) is 5.91 Å². The van der Waals surface area contributed by atoms with Gasteiger partial charge in [-0.05, 0) is 53.8 Å². The molecule has 0 spiro atoms. The van der Waals surface area contributed by atoms with Crippen molar-refractivity contribution in [2.75, 3.05) is 18.4 Å². The van der Waals surface area contributed by atoms with Crippen LogP contribution in [0, 0.1) is 6.92 Å². The summed E-state index contributed by atoms with van der Waals surface area (Å²) in [5.74, 6) is 0.578. The summed E-state index contributed by atoms with van der Waals surface area (Å²) in [4.78, 5) is 24.4. The van der Waals surface area contributed by atoms with Gasteiger partial charge in [-0.1, -0.05) is 36.4 Å². The van der Waals surface area contributed by atoms with Crippen molar-refractivity contribution in [3.63, 3.8) is 0 Å². The largest absolute Gasteiger partial charge is 0.379 e. The third-order valence-electron chi connectivity index (χ3n) is 6.24. The smallest absolute Gasteiger partial charge is 0.257 e. The SMILES string of the molecule is Cc1csc2c(NCc3cccnc3)c(C(=O)N3CCC(c4ccccc4)CC3)cnc12. The number of anilines is 1. The molecule has 0 bridgehead atoms. The summed E-state index contributed by atoms with van der Waals surface area (Å²) in [7, 11) is 0. The molecule has 6 heteroatoms. The Hall–Kier alpha value is -3.25. The number of nitrogens with one attached hydrogen (secondary N) is 1. The number of amides is 1. The van der Waals surface area contributed by atoms with Crippen LogP contribution in [0.2, 0.25) is 0 Å². The predicted molar refractivity (Wildman–Crippen MR) is 130 cm³/mol. The molecule has 162 valence electrons. The first-order valence-electron chi connectivity index (χ1n) is 11.0. The van der Waals surface area contributed by atoms with E-state index >= 15 is 0 Å². The Morgan fingerprint density at radius 2 is 1.94 bits per heavy atom. The number of benzene rings is 1. The Labute approximate surface area is 192 Å². The zero-order valence-electron chi connectivity index (χ0n) is 18.1. The van der Waals surface area contributed by atoms with Crippen LogP contribution in [0.3, 0.4) is 0 Å². The van der Waals surface area contributed by atoms with Gasteiger partial charge in [0.1, 0.15) is 0 Å². The van der Waals surface area contributed by atoms with Gasteiger partial charge < -0.3 is 10.2 Å². The number of fused-ring (bicyclic) bond motifs is 1. The van der Waals surface area contributed by atoms with Crippen molar-refractivity contribution in [3.8, 4) is 0 Å². The second kappa shape index (κ2) is 9.09. The Balaban J connectivity index is 1.39. The quantitative estimate of drug-likeness (QED) is 0.435. The molecule has 0 radical (unpaired) electrons. The van der Waals surface area contributed by atoms with Crippen molar-refractivity contribution in [1.82, 2.24) is 14.9 Å². The molecule has 5 rings (SSSR count). The molecule has 0 saturated carbocycles. The van der Waals surface area contributed by atoms with Gasteiger partial charge in [0.15, 0.2) is 0 Å². The number of thiophene rings is 1. The van der Waals surface area contributed by atoms with Crippen molar-refractivity contribution < 1.29 is 4.79 Å².